The summed E-state index contributed by atoms with van der Waals surface area (Å²) < 4.78 is 1.91. The summed E-state index contributed by atoms with van der Waals surface area (Å²) in [6.45, 7) is 3.74. The molecule has 0 spiro atoms. The first-order chi connectivity index (χ1) is 16.0. The number of carbonyl (C=O) groups is 1. The standard InChI is InChI=1S/C24H19ClN6OS/c1-15-20(25)4-3-5-21(15)31-22(18-10-12-27-13-11-18)29-30-24(31)33-16(2)23(32)28-19-8-6-17(14-26)7-9-19/h3-13,16H,1-2H3,(H,28,32). The maximum atomic E-state index is 12.8. The van der Waals surface area contributed by atoms with Gasteiger partial charge in [-0.2, -0.15) is 5.26 Å². The predicted molar refractivity (Wildman–Crippen MR) is 129 cm³/mol. The first-order valence-corrected chi connectivity index (χ1v) is 11.3. The molecule has 1 amide bonds. The molecule has 1 N–H and O–H groups in total. The molecule has 0 aliphatic rings. The van der Waals surface area contributed by atoms with E-state index in [2.05, 4.69) is 26.6 Å². The summed E-state index contributed by atoms with van der Waals surface area (Å²) >= 11 is 7.69. The number of aromatic nitrogens is 4. The number of benzene rings is 2. The largest absolute Gasteiger partial charge is 0.325 e. The second-order valence-electron chi connectivity index (χ2n) is 7.20. The molecule has 2 heterocycles. The fraction of sp³-hybridized carbons (Fsp3) is 0.125. The molecule has 2 aromatic carbocycles. The van der Waals surface area contributed by atoms with Crippen molar-refractivity contribution in [2.75, 3.05) is 5.32 Å². The lowest BCUT2D eigenvalue weighted by Crippen LogP contribution is -2.23. The maximum absolute atomic E-state index is 12.8. The fourth-order valence-electron chi connectivity index (χ4n) is 3.17. The number of carbonyl (C=O) groups excluding carboxylic acids is 1. The molecule has 2 aromatic heterocycles. The summed E-state index contributed by atoms with van der Waals surface area (Å²) in [7, 11) is 0. The normalized spacial score (nSPS) is 11.6. The van der Waals surface area contributed by atoms with Crippen LogP contribution in [0.15, 0.2) is 72.1 Å². The van der Waals surface area contributed by atoms with E-state index in [0.29, 0.717) is 27.3 Å². The van der Waals surface area contributed by atoms with Crippen molar-refractivity contribution in [3.63, 3.8) is 0 Å². The molecule has 4 rings (SSSR count). The maximum Gasteiger partial charge on any atom is 0.237 e. The average molecular weight is 475 g/mol. The summed E-state index contributed by atoms with van der Waals surface area (Å²) in [6.07, 6.45) is 3.39. The third-order valence-corrected chi connectivity index (χ3v) is 6.44. The SMILES string of the molecule is Cc1c(Cl)cccc1-n1c(SC(C)C(=O)Nc2ccc(C#N)cc2)nnc1-c1ccncc1. The van der Waals surface area contributed by atoms with Crippen LogP contribution < -0.4 is 5.32 Å². The van der Waals surface area contributed by atoms with Crippen molar-refractivity contribution in [3.8, 4) is 23.1 Å². The zero-order valence-corrected chi connectivity index (χ0v) is 19.4. The van der Waals surface area contributed by atoms with E-state index in [9.17, 15) is 4.79 Å². The minimum absolute atomic E-state index is 0.187. The summed E-state index contributed by atoms with van der Waals surface area (Å²) in [5.41, 5.74) is 3.71. The summed E-state index contributed by atoms with van der Waals surface area (Å²) in [6, 6.07) is 18.1. The van der Waals surface area contributed by atoms with E-state index in [4.69, 9.17) is 16.9 Å². The minimum atomic E-state index is -0.464. The molecule has 0 aliphatic heterocycles. The van der Waals surface area contributed by atoms with Gasteiger partial charge in [0.2, 0.25) is 5.91 Å². The van der Waals surface area contributed by atoms with Gasteiger partial charge in [0, 0.05) is 28.7 Å². The number of nitrogens with zero attached hydrogens (tertiary/aromatic N) is 5. The Morgan fingerprint density at radius 3 is 2.55 bits per heavy atom. The van der Waals surface area contributed by atoms with E-state index in [1.54, 1.807) is 43.6 Å². The second-order valence-corrected chi connectivity index (χ2v) is 8.92. The van der Waals surface area contributed by atoms with Crippen molar-refractivity contribution >= 4 is 35.0 Å². The number of anilines is 1. The van der Waals surface area contributed by atoms with Gasteiger partial charge in [-0.3, -0.25) is 14.3 Å². The highest BCUT2D eigenvalue weighted by atomic mass is 35.5. The Hall–Kier alpha value is -3.67. The number of thioether (sulfide) groups is 1. The molecule has 9 heteroatoms. The van der Waals surface area contributed by atoms with E-state index in [-0.39, 0.29) is 5.91 Å². The number of pyridine rings is 1. The quantitative estimate of drug-likeness (QED) is 0.382. The molecule has 164 valence electrons. The van der Waals surface area contributed by atoms with Crippen LogP contribution in [0.25, 0.3) is 17.1 Å². The zero-order chi connectivity index (χ0) is 23.4. The Labute approximate surface area is 200 Å². The number of nitriles is 1. The monoisotopic (exact) mass is 474 g/mol. The van der Waals surface area contributed by atoms with Gasteiger partial charge in [0.15, 0.2) is 11.0 Å². The van der Waals surface area contributed by atoms with Gasteiger partial charge in [0.1, 0.15) is 0 Å². The van der Waals surface area contributed by atoms with Crippen molar-refractivity contribution in [3.05, 3.63) is 83.1 Å². The summed E-state index contributed by atoms with van der Waals surface area (Å²) in [5.74, 6) is 0.442. The Bertz CT molecular complexity index is 1330. The van der Waals surface area contributed by atoms with Gasteiger partial charge in [-0.1, -0.05) is 29.4 Å². The predicted octanol–water partition coefficient (Wildman–Crippen LogP) is 5.28. The Morgan fingerprint density at radius 2 is 1.85 bits per heavy atom. The molecule has 0 fully saturated rings. The van der Waals surface area contributed by atoms with Crippen LogP contribution >= 0.6 is 23.4 Å². The highest BCUT2D eigenvalue weighted by Crippen LogP contribution is 2.33. The highest BCUT2D eigenvalue weighted by molar-refractivity contribution is 8.00. The van der Waals surface area contributed by atoms with Gasteiger partial charge in [-0.15, -0.1) is 10.2 Å². The van der Waals surface area contributed by atoms with Crippen molar-refractivity contribution in [1.82, 2.24) is 19.7 Å². The van der Waals surface area contributed by atoms with Crippen molar-refractivity contribution in [2.24, 2.45) is 0 Å². The van der Waals surface area contributed by atoms with Gasteiger partial charge in [-0.05, 0) is 67.9 Å². The van der Waals surface area contributed by atoms with Gasteiger partial charge in [-0.25, -0.2) is 0 Å². The number of rotatable bonds is 6. The number of hydrogen-bond acceptors (Lipinski definition) is 6. The lowest BCUT2D eigenvalue weighted by atomic mass is 10.2. The second kappa shape index (κ2) is 9.86. The average Bonchev–Trinajstić information content (AvgIpc) is 3.25. The molecular weight excluding hydrogens is 456 g/mol. The van der Waals surface area contributed by atoms with Crippen LogP contribution in [-0.2, 0) is 4.79 Å². The molecule has 0 aliphatic carbocycles. The van der Waals surface area contributed by atoms with E-state index >= 15 is 0 Å². The molecule has 7 nitrogen and oxygen atoms in total. The number of halogens is 1. The summed E-state index contributed by atoms with van der Waals surface area (Å²) in [4.78, 5) is 16.9. The number of nitrogens with one attached hydrogen (secondary N) is 1. The molecule has 0 saturated carbocycles. The number of hydrogen-bond donors (Lipinski definition) is 1. The third-order valence-electron chi connectivity index (χ3n) is 4.98. The molecule has 0 saturated heterocycles. The molecular formula is C24H19ClN6OS. The van der Waals surface area contributed by atoms with Crippen LogP contribution in [0.4, 0.5) is 5.69 Å². The molecule has 33 heavy (non-hydrogen) atoms. The van der Waals surface area contributed by atoms with Crippen molar-refractivity contribution in [2.45, 2.75) is 24.3 Å². The molecule has 0 radical (unpaired) electrons. The van der Waals surface area contributed by atoms with E-state index in [0.717, 1.165) is 16.8 Å². The Kier molecular flexibility index (Phi) is 6.73. The first kappa shape index (κ1) is 22.5. The first-order valence-electron chi connectivity index (χ1n) is 10.1. The third kappa shape index (κ3) is 4.90. The van der Waals surface area contributed by atoms with Crippen LogP contribution in [0, 0.1) is 18.3 Å². The zero-order valence-electron chi connectivity index (χ0n) is 17.9. The topological polar surface area (TPSA) is 96.5 Å². The lowest BCUT2D eigenvalue weighted by Gasteiger charge is -2.16. The van der Waals surface area contributed by atoms with Crippen molar-refractivity contribution < 1.29 is 4.79 Å². The Balaban J connectivity index is 1.66. The van der Waals surface area contributed by atoms with Crippen molar-refractivity contribution in [1.29, 1.82) is 5.26 Å². The lowest BCUT2D eigenvalue weighted by molar-refractivity contribution is -0.115. The molecule has 0 bridgehead atoms. The van der Waals surface area contributed by atoms with Crippen LogP contribution in [0.2, 0.25) is 5.02 Å². The van der Waals surface area contributed by atoms with Crippen LogP contribution in [0.1, 0.15) is 18.1 Å². The highest BCUT2D eigenvalue weighted by Gasteiger charge is 2.23. The Morgan fingerprint density at radius 1 is 1.12 bits per heavy atom. The van der Waals surface area contributed by atoms with E-state index < -0.39 is 5.25 Å². The van der Waals surface area contributed by atoms with E-state index in [1.165, 1.54) is 11.8 Å². The molecule has 4 aromatic rings. The van der Waals surface area contributed by atoms with Crippen LogP contribution in [-0.4, -0.2) is 30.9 Å². The minimum Gasteiger partial charge on any atom is -0.325 e. The van der Waals surface area contributed by atoms with Crippen LogP contribution in [0.3, 0.4) is 0 Å². The van der Waals surface area contributed by atoms with Gasteiger partial charge in [0.25, 0.3) is 0 Å². The molecule has 1 unspecified atom stereocenters. The molecule has 1 atom stereocenters. The fourth-order valence-corrected chi connectivity index (χ4v) is 4.20. The van der Waals surface area contributed by atoms with Gasteiger partial charge in [0.05, 0.1) is 22.6 Å². The van der Waals surface area contributed by atoms with Gasteiger partial charge < -0.3 is 5.32 Å². The van der Waals surface area contributed by atoms with Gasteiger partial charge >= 0.3 is 0 Å². The smallest absolute Gasteiger partial charge is 0.237 e. The number of amides is 1. The summed E-state index contributed by atoms with van der Waals surface area (Å²) in [5, 5.41) is 21.3. The van der Waals surface area contributed by atoms with E-state index in [1.807, 2.05) is 41.8 Å². The van der Waals surface area contributed by atoms with Crippen LogP contribution in [0.5, 0.6) is 0 Å².